The van der Waals surface area contributed by atoms with Crippen molar-refractivity contribution in [3.05, 3.63) is 93.0 Å². The molecule has 0 spiro atoms. The number of aromatic nitrogens is 5. The van der Waals surface area contributed by atoms with Crippen LogP contribution in [0.25, 0.3) is 22.0 Å². The lowest BCUT2D eigenvalue weighted by molar-refractivity contribution is -0.123. The van der Waals surface area contributed by atoms with Crippen LogP contribution in [0.2, 0.25) is 5.02 Å². The molecule has 282 valence electrons. The van der Waals surface area contributed by atoms with Gasteiger partial charge in [0.15, 0.2) is 5.82 Å². The second-order valence-corrected chi connectivity index (χ2v) is 13.8. The van der Waals surface area contributed by atoms with Crippen molar-refractivity contribution in [2.45, 2.75) is 70.6 Å². The summed E-state index contributed by atoms with van der Waals surface area (Å²) in [4.78, 5) is 30.5. The van der Waals surface area contributed by atoms with Crippen LogP contribution in [0, 0.1) is 23.5 Å². The number of nitrogens with zero attached hydrogens (tertiary/aromatic N) is 5. The van der Waals surface area contributed by atoms with Crippen LogP contribution in [0.3, 0.4) is 0 Å². The molecular weight excluding hydrogens is 740 g/mol. The summed E-state index contributed by atoms with van der Waals surface area (Å²) >= 11 is 6.60. The normalized spacial score (nSPS) is 14.2. The minimum Gasteiger partial charge on any atom is -0.378 e. The van der Waals surface area contributed by atoms with E-state index in [0.29, 0.717) is 32.8 Å². The molecule has 54 heavy (non-hydrogen) atoms. The molecule has 3 aromatic heterocycles. The quantitative estimate of drug-likeness (QED) is 0.110. The first-order valence-electron chi connectivity index (χ1n) is 16.5. The fourth-order valence-electron chi connectivity index (χ4n) is 6.52. The van der Waals surface area contributed by atoms with E-state index in [1.807, 2.05) is 0 Å². The smallest absolute Gasteiger partial charge is 0.290 e. The number of carbonyl (C=O) groups excluding carboxylic acids is 2. The minimum atomic E-state index is -3.52. The van der Waals surface area contributed by atoms with Crippen LogP contribution in [0.5, 0.6) is 0 Å². The summed E-state index contributed by atoms with van der Waals surface area (Å²) in [7, 11) is 1.60. The van der Waals surface area contributed by atoms with Gasteiger partial charge >= 0.3 is 0 Å². The van der Waals surface area contributed by atoms with E-state index < -0.39 is 71.8 Å². The molecular formula is C37H32ClF6N7O3. The van der Waals surface area contributed by atoms with Gasteiger partial charge in [-0.3, -0.25) is 19.0 Å². The number of aliphatic hydroxyl groups is 1. The van der Waals surface area contributed by atoms with Gasteiger partial charge in [0.25, 0.3) is 12.3 Å². The average Bonchev–Trinajstić information content (AvgIpc) is 3.70. The number of aryl methyl sites for hydroxylation is 1. The molecule has 0 bridgehead atoms. The lowest BCUT2D eigenvalue weighted by atomic mass is 9.93. The fraction of sp³-hybridized carbons (Fsp3) is 0.324. The van der Waals surface area contributed by atoms with Gasteiger partial charge in [-0.1, -0.05) is 23.6 Å². The van der Waals surface area contributed by atoms with Gasteiger partial charge in [-0.15, -0.1) is 0 Å². The summed E-state index contributed by atoms with van der Waals surface area (Å²) < 4.78 is 88.5. The van der Waals surface area contributed by atoms with Gasteiger partial charge in [0.05, 0.1) is 27.7 Å². The van der Waals surface area contributed by atoms with Crippen molar-refractivity contribution < 1.29 is 41.0 Å². The number of hydrogen-bond acceptors (Lipinski definition) is 6. The van der Waals surface area contributed by atoms with E-state index in [9.17, 15) is 41.0 Å². The van der Waals surface area contributed by atoms with E-state index in [1.165, 1.54) is 31.5 Å². The number of benzene rings is 2. The maximum absolute atomic E-state index is 14.9. The molecule has 3 heterocycles. The number of carbonyl (C=O) groups is 2. The topological polar surface area (TPSA) is 127 Å². The summed E-state index contributed by atoms with van der Waals surface area (Å²) in [5.41, 5.74) is -1.95. The molecule has 0 saturated carbocycles. The Bertz CT molecular complexity index is 2360. The first kappa shape index (κ1) is 38.3. The molecule has 1 atom stereocenters. The van der Waals surface area contributed by atoms with Crippen molar-refractivity contribution >= 4 is 40.1 Å². The molecule has 6 rings (SSSR count). The Morgan fingerprint density at radius 1 is 1.06 bits per heavy atom. The fourth-order valence-corrected chi connectivity index (χ4v) is 6.77. The highest BCUT2D eigenvalue weighted by Crippen LogP contribution is 2.45. The summed E-state index contributed by atoms with van der Waals surface area (Å²) in [6, 6.07) is 7.78. The molecule has 1 aliphatic carbocycles. The van der Waals surface area contributed by atoms with Crippen molar-refractivity contribution in [3.63, 3.8) is 0 Å². The summed E-state index contributed by atoms with van der Waals surface area (Å²) in [5.74, 6) is -1.15. The maximum Gasteiger partial charge on any atom is 0.290 e. The van der Waals surface area contributed by atoms with Crippen LogP contribution >= 0.6 is 11.6 Å². The van der Waals surface area contributed by atoms with E-state index in [0.717, 1.165) is 12.1 Å². The molecule has 2 aromatic carbocycles. The van der Waals surface area contributed by atoms with Crippen molar-refractivity contribution in [3.8, 4) is 23.0 Å². The molecule has 0 fully saturated rings. The number of alkyl halides is 4. The highest BCUT2D eigenvalue weighted by atomic mass is 35.5. The molecule has 17 heteroatoms. The third-order valence-corrected chi connectivity index (χ3v) is 8.90. The lowest BCUT2D eigenvalue weighted by Gasteiger charge is -2.23. The van der Waals surface area contributed by atoms with Crippen LogP contribution in [-0.4, -0.2) is 47.1 Å². The highest BCUT2D eigenvalue weighted by Gasteiger charge is 2.46. The zero-order chi connectivity index (χ0) is 39.3. The number of amides is 2. The van der Waals surface area contributed by atoms with Crippen molar-refractivity contribution in [1.29, 1.82) is 0 Å². The van der Waals surface area contributed by atoms with Gasteiger partial charge in [0.1, 0.15) is 40.9 Å². The molecule has 10 nitrogen and oxygen atoms in total. The average molecular weight is 772 g/mol. The van der Waals surface area contributed by atoms with Gasteiger partial charge in [-0.2, -0.15) is 19.0 Å². The highest BCUT2D eigenvalue weighted by molar-refractivity contribution is 6.37. The standard InChI is InChI=1S/C37H32ClF6N7O3/c1-18(52)45-35-29-26(38)8-7-24(32(29)50(4)49-35)23-6-5-22(9-11-36(2,3)54)46-30(23)27(15-19-13-20(39)16-21(40)14-19)47-28(53)17-51-33-25(10-12-37(33,43)44)31(48-51)34(41)42/h5-8,13-14,16,27,34,54H,10,12,15,17H2,1-4H3,(H,47,53)(H,45,49,52). The van der Waals surface area contributed by atoms with Gasteiger partial charge in [0, 0.05) is 43.1 Å². The van der Waals surface area contributed by atoms with Crippen LogP contribution in [0.4, 0.5) is 32.2 Å². The molecule has 1 aliphatic rings. The van der Waals surface area contributed by atoms with Crippen LogP contribution in [0.1, 0.15) is 73.6 Å². The van der Waals surface area contributed by atoms with Crippen LogP contribution in [-0.2, 0) is 41.9 Å². The van der Waals surface area contributed by atoms with E-state index in [1.54, 1.807) is 25.2 Å². The van der Waals surface area contributed by atoms with E-state index >= 15 is 0 Å². The number of fused-ring (bicyclic) bond motifs is 2. The van der Waals surface area contributed by atoms with E-state index in [-0.39, 0.29) is 46.2 Å². The predicted molar refractivity (Wildman–Crippen MR) is 187 cm³/mol. The van der Waals surface area contributed by atoms with Crippen molar-refractivity contribution in [2.24, 2.45) is 7.05 Å². The van der Waals surface area contributed by atoms with Crippen LogP contribution in [0.15, 0.2) is 42.5 Å². The summed E-state index contributed by atoms with van der Waals surface area (Å²) in [6.07, 6.45) is -4.55. The zero-order valence-corrected chi connectivity index (χ0v) is 29.9. The molecule has 2 amide bonds. The first-order chi connectivity index (χ1) is 25.3. The number of pyridine rings is 1. The first-order valence-corrected chi connectivity index (χ1v) is 16.9. The molecule has 1 unspecified atom stereocenters. The van der Waals surface area contributed by atoms with E-state index in [4.69, 9.17) is 16.6 Å². The third kappa shape index (κ3) is 7.92. The summed E-state index contributed by atoms with van der Waals surface area (Å²) in [5, 5.41) is 24.3. The number of halogens is 7. The predicted octanol–water partition coefficient (Wildman–Crippen LogP) is 6.92. The lowest BCUT2D eigenvalue weighted by Crippen LogP contribution is -2.35. The van der Waals surface area contributed by atoms with Gasteiger partial charge in [-0.05, 0) is 68.5 Å². The molecule has 3 N–H and O–H groups in total. The Hall–Kier alpha value is -5.40. The van der Waals surface area contributed by atoms with Gasteiger partial charge in [0.2, 0.25) is 11.8 Å². The zero-order valence-electron chi connectivity index (χ0n) is 29.2. The SMILES string of the molecule is CC(=O)Nc1nn(C)c2c(-c3ccc(C#CC(C)(C)O)nc3C(Cc3cc(F)cc(F)c3)NC(=O)Cn3nc(C(F)F)c4c3C(F)(F)CC4)ccc(Cl)c12. The second-order valence-electron chi connectivity index (χ2n) is 13.4. The van der Waals surface area contributed by atoms with Gasteiger partial charge in [-0.25, -0.2) is 22.5 Å². The number of rotatable bonds is 9. The largest absolute Gasteiger partial charge is 0.378 e. The maximum atomic E-state index is 14.9. The summed E-state index contributed by atoms with van der Waals surface area (Å²) in [6.45, 7) is 3.29. The van der Waals surface area contributed by atoms with Gasteiger partial charge < -0.3 is 15.7 Å². The molecule has 0 radical (unpaired) electrons. The Kier molecular flexibility index (Phi) is 10.3. The van der Waals surface area contributed by atoms with Crippen molar-refractivity contribution in [1.82, 2.24) is 29.9 Å². The Balaban J connectivity index is 1.53. The Labute approximate surface area is 309 Å². The number of nitrogens with one attached hydrogen (secondary N) is 2. The Morgan fingerprint density at radius 3 is 2.39 bits per heavy atom. The molecule has 0 saturated heterocycles. The second kappa shape index (κ2) is 14.4. The van der Waals surface area contributed by atoms with E-state index in [2.05, 4.69) is 32.7 Å². The number of hydrogen-bond donors (Lipinski definition) is 3. The van der Waals surface area contributed by atoms with Crippen molar-refractivity contribution in [2.75, 3.05) is 5.32 Å². The number of anilines is 1. The minimum absolute atomic E-state index is 0.0692. The van der Waals surface area contributed by atoms with Crippen LogP contribution < -0.4 is 10.6 Å². The Morgan fingerprint density at radius 2 is 1.74 bits per heavy atom. The monoisotopic (exact) mass is 771 g/mol. The molecule has 0 aliphatic heterocycles. The third-order valence-electron chi connectivity index (χ3n) is 8.59. The molecule has 5 aromatic rings.